The zero-order chi connectivity index (χ0) is 12.7. The third-order valence-corrected chi connectivity index (χ3v) is 3.04. The molecular formula is C13H16ClFO2. The van der Waals surface area contributed by atoms with Gasteiger partial charge in [-0.05, 0) is 30.9 Å². The Hall–Kier alpha value is -1.09. The molecule has 0 bridgehead atoms. The normalized spacial score (nSPS) is 14.3. The third kappa shape index (κ3) is 5.18. The lowest BCUT2D eigenvalue weighted by Gasteiger charge is -2.23. The molecule has 0 atom stereocenters. The Morgan fingerprint density at radius 1 is 1.47 bits per heavy atom. The number of rotatable bonds is 2. The SMILES string of the molecule is COC(=O)CC1CCC1.Fc1ccccc1Cl. The largest absolute Gasteiger partial charge is 0.469 e. The van der Waals surface area contributed by atoms with Crippen LogP contribution in [0, 0.1) is 11.7 Å². The van der Waals surface area contributed by atoms with Crippen molar-refractivity contribution in [3.8, 4) is 0 Å². The first-order valence-electron chi connectivity index (χ1n) is 5.60. The summed E-state index contributed by atoms with van der Waals surface area (Å²) in [5.41, 5.74) is 0. The molecule has 1 aromatic carbocycles. The van der Waals surface area contributed by atoms with Crippen LogP contribution in [0.5, 0.6) is 0 Å². The van der Waals surface area contributed by atoms with Crippen molar-refractivity contribution in [1.29, 1.82) is 0 Å². The summed E-state index contributed by atoms with van der Waals surface area (Å²) in [6.07, 6.45) is 4.36. The van der Waals surface area contributed by atoms with Gasteiger partial charge in [0.05, 0.1) is 12.1 Å². The number of carbonyl (C=O) groups excluding carboxylic acids is 1. The Balaban J connectivity index is 0.000000171. The van der Waals surface area contributed by atoms with Gasteiger partial charge < -0.3 is 4.74 Å². The van der Waals surface area contributed by atoms with Crippen molar-refractivity contribution in [3.63, 3.8) is 0 Å². The summed E-state index contributed by atoms with van der Waals surface area (Å²) in [5, 5.41) is 0.174. The molecule has 17 heavy (non-hydrogen) atoms. The minimum absolute atomic E-state index is 0.0558. The fourth-order valence-electron chi connectivity index (χ4n) is 1.46. The summed E-state index contributed by atoms with van der Waals surface area (Å²) >= 11 is 5.33. The topological polar surface area (TPSA) is 26.3 Å². The van der Waals surface area contributed by atoms with Crippen LogP contribution in [0.3, 0.4) is 0 Å². The average molecular weight is 259 g/mol. The Morgan fingerprint density at radius 2 is 2.12 bits per heavy atom. The van der Waals surface area contributed by atoms with E-state index >= 15 is 0 Å². The summed E-state index contributed by atoms with van der Waals surface area (Å²) in [5.74, 6) is 0.214. The summed E-state index contributed by atoms with van der Waals surface area (Å²) in [6.45, 7) is 0. The van der Waals surface area contributed by atoms with Crippen LogP contribution >= 0.6 is 11.6 Å². The van der Waals surface area contributed by atoms with Gasteiger partial charge in [-0.3, -0.25) is 4.79 Å². The van der Waals surface area contributed by atoms with E-state index in [0.29, 0.717) is 12.3 Å². The predicted molar refractivity (Wildman–Crippen MR) is 65.4 cm³/mol. The number of ether oxygens (including phenoxy) is 1. The number of hydrogen-bond acceptors (Lipinski definition) is 2. The van der Waals surface area contributed by atoms with E-state index in [9.17, 15) is 9.18 Å². The number of halogens is 2. The highest BCUT2D eigenvalue weighted by Crippen LogP contribution is 2.29. The van der Waals surface area contributed by atoms with Crippen LogP contribution in [-0.4, -0.2) is 13.1 Å². The van der Waals surface area contributed by atoms with Gasteiger partial charge in [-0.2, -0.15) is 0 Å². The van der Waals surface area contributed by atoms with Gasteiger partial charge in [-0.1, -0.05) is 30.2 Å². The molecular weight excluding hydrogens is 243 g/mol. The maximum atomic E-state index is 12.2. The molecule has 0 aromatic heterocycles. The molecule has 2 nitrogen and oxygen atoms in total. The molecule has 0 aliphatic heterocycles. The molecule has 2 rings (SSSR count). The number of esters is 1. The van der Waals surface area contributed by atoms with Gasteiger partial charge in [0.2, 0.25) is 0 Å². The smallest absolute Gasteiger partial charge is 0.305 e. The van der Waals surface area contributed by atoms with Crippen molar-refractivity contribution < 1.29 is 13.9 Å². The van der Waals surface area contributed by atoms with Crippen LogP contribution < -0.4 is 0 Å². The number of hydrogen-bond donors (Lipinski definition) is 0. The molecule has 1 aliphatic carbocycles. The highest BCUT2D eigenvalue weighted by atomic mass is 35.5. The zero-order valence-electron chi connectivity index (χ0n) is 9.79. The van der Waals surface area contributed by atoms with Gasteiger partial charge in [0.25, 0.3) is 0 Å². The quantitative estimate of drug-likeness (QED) is 0.754. The summed E-state index contributed by atoms with van der Waals surface area (Å²) < 4.78 is 16.7. The van der Waals surface area contributed by atoms with Crippen LogP contribution in [0.4, 0.5) is 4.39 Å². The minimum Gasteiger partial charge on any atom is -0.469 e. The van der Waals surface area contributed by atoms with Crippen LogP contribution in [-0.2, 0) is 9.53 Å². The number of benzene rings is 1. The molecule has 0 spiro atoms. The second kappa shape index (κ2) is 7.28. The molecule has 0 radical (unpaired) electrons. The van der Waals surface area contributed by atoms with Crippen molar-refractivity contribution in [2.45, 2.75) is 25.7 Å². The van der Waals surface area contributed by atoms with E-state index in [2.05, 4.69) is 4.74 Å². The second-order valence-corrected chi connectivity index (χ2v) is 4.40. The van der Waals surface area contributed by atoms with Crippen LogP contribution in [0.25, 0.3) is 0 Å². The predicted octanol–water partition coefficient (Wildman–Crippen LogP) is 3.83. The first-order chi connectivity index (χ1) is 8.13. The Kier molecular flexibility index (Phi) is 5.98. The maximum Gasteiger partial charge on any atom is 0.305 e. The summed E-state index contributed by atoms with van der Waals surface area (Å²) in [6, 6.07) is 6.12. The Morgan fingerprint density at radius 3 is 2.47 bits per heavy atom. The van der Waals surface area contributed by atoms with Gasteiger partial charge in [-0.15, -0.1) is 0 Å². The van der Waals surface area contributed by atoms with E-state index in [1.54, 1.807) is 12.1 Å². The molecule has 0 N–H and O–H groups in total. The van der Waals surface area contributed by atoms with E-state index in [1.165, 1.54) is 38.5 Å². The first-order valence-corrected chi connectivity index (χ1v) is 5.98. The molecule has 4 heteroatoms. The monoisotopic (exact) mass is 258 g/mol. The first kappa shape index (κ1) is 14.0. The van der Waals surface area contributed by atoms with E-state index < -0.39 is 0 Å². The van der Waals surface area contributed by atoms with Gasteiger partial charge in [-0.25, -0.2) is 4.39 Å². The van der Waals surface area contributed by atoms with Crippen molar-refractivity contribution in [1.82, 2.24) is 0 Å². The third-order valence-electron chi connectivity index (χ3n) is 2.73. The second-order valence-electron chi connectivity index (χ2n) is 3.99. The molecule has 1 saturated carbocycles. The number of methoxy groups -OCH3 is 1. The average Bonchev–Trinajstić information content (AvgIpc) is 2.28. The van der Waals surface area contributed by atoms with Gasteiger partial charge in [0.15, 0.2) is 0 Å². The van der Waals surface area contributed by atoms with Crippen LogP contribution in [0.2, 0.25) is 5.02 Å². The molecule has 0 saturated heterocycles. The Bertz CT molecular complexity index is 343. The van der Waals surface area contributed by atoms with Crippen molar-refractivity contribution >= 4 is 17.6 Å². The summed E-state index contributed by atoms with van der Waals surface area (Å²) in [7, 11) is 1.45. The van der Waals surface area contributed by atoms with Gasteiger partial charge >= 0.3 is 5.97 Å². The van der Waals surface area contributed by atoms with E-state index in [0.717, 1.165) is 0 Å². The standard InChI is InChI=1S/C7H12O2.C6H4ClF/c1-9-7(8)5-6-3-2-4-6;7-5-3-1-2-4-6(5)8/h6H,2-5H2,1H3;1-4H. The molecule has 1 aliphatic rings. The highest BCUT2D eigenvalue weighted by Gasteiger charge is 2.20. The molecule has 0 heterocycles. The summed E-state index contributed by atoms with van der Waals surface area (Å²) in [4.78, 5) is 10.6. The lowest BCUT2D eigenvalue weighted by atomic mass is 9.83. The maximum absolute atomic E-state index is 12.2. The lowest BCUT2D eigenvalue weighted by molar-refractivity contribution is -0.142. The highest BCUT2D eigenvalue weighted by molar-refractivity contribution is 6.30. The molecule has 0 unspecified atom stereocenters. The van der Waals surface area contributed by atoms with E-state index in [1.807, 2.05) is 0 Å². The molecule has 0 amide bonds. The molecule has 1 fully saturated rings. The Labute approximate surface area is 106 Å². The lowest BCUT2D eigenvalue weighted by Crippen LogP contribution is -2.16. The van der Waals surface area contributed by atoms with E-state index in [-0.39, 0.29) is 16.8 Å². The van der Waals surface area contributed by atoms with Gasteiger partial charge in [0, 0.05) is 6.42 Å². The van der Waals surface area contributed by atoms with Crippen molar-refractivity contribution in [3.05, 3.63) is 35.1 Å². The molecule has 94 valence electrons. The zero-order valence-corrected chi connectivity index (χ0v) is 10.5. The van der Waals surface area contributed by atoms with Crippen LogP contribution in [0.1, 0.15) is 25.7 Å². The van der Waals surface area contributed by atoms with Gasteiger partial charge in [0.1, 0.15) is 5.82 Å². The fourth-order valence-corrected chi connectivity index (χ4v) is 1.59. The van der Waals surface area contributed by atoms with E-state index in [4.69, 9.17) is 11.6 Å². The minimum atomic E-state index is -0.367. The van der Waals surface area contributed by atoms with Crippen LogP contribution in [0.15, 0.2) is 24.3 Å². The van der Waals surface area contributed by atoms with Crippen molar-refractivity contribution in [2.24, 2.45) is 5.92 Å². The fraction of sp³-hybridized carbons (Fsp3) is 0.462. The van der Waals surface area contributed by atoms with Crippen molar-refractivity contribution in [2.75, 3.05) is 7.11 Å². The molecule has 1 aromatic rings. The number of carbonyl (C=O) groups is 1.